The first-order chi connectivity index (χ1) is 3.66. The number of hydrogen-bond acceptors (Lipinski definition) is 2. The van der Waals surface area contributed by atoms with Crippen molar-refractivity contribution < 1.29 is 9.53 Å². The molecule has 0 aromatic carbocycles. The first-order valence-corrected chi connectivity index (χ1v) is 2.40. The largest absolute Gasteiger partial charge is 0.459 e. The predicted molar refractivity (Wildman–Crippen MR) is 30.1 cm³/mol. The highest BCUT2D eigenvalue weighted by molar-refractivity contribution is 5.76. The van der Waals surface area contributed by atoms with Crippen molar-refractivity contribution in [3.8, 4) is 0 Å². The summed E-state index contributed by atoms with van der Waals surface area (Å²) in [6.07, 6.45) is 2.01. The van der Waals surface area contributed by atoms with Gasteiger partial charge in [-0.15, -0.1) is 0 Å². The second-order valence-electron chi connectivity index (χ2n) is 1.63. The molecule has 2 heteroatoms. The lowest BCUT2D eigenvalue weighted by atomic mass is 10.5. The summed E-state index contributed by atoms with van der Waals surface area (Å²) in [6.45, 7) is 6.66. The van der Waals surface area contributed by atoms with Gasteiger partial charge < -0.3 is 4.74 Å². The van der Waals surface area contributed by atoms with Crippen LogP contribution in [0.4, 0.5) is 0 Å². The van der Waals surface area contributed by atoms with Gasteiger partial charge in [-0.05, 0) is 13.8 Å². The Bertz CT molecular complexity index is 94.7. The van der Waals surface area contributed by atoms with Crippen LogP contribution in [0.3, 0.4) is 0 Å². The van der Waals surface area contributed by atoms with E-state index in [0.717, 1.165) is 0 Å². The molecule has 0 aliphatic rings. The molecule has 0 heterocycles. The molecule has 0 aromatic rings. The van der Waals surface area contributed by atoms with Crippen LogP contribution in [0.15, 0.2) is 6.58 Å². The highest BCUT2D eigenvalue weighted by atomic mass is 16.5. The van der Waals surface area contributed by atoms with Gasteiger partial charge in [-0.25, -0.2) is 4.79 Å². The van der Waals surface area contributed by atoms with E-state index in [1.807, 2.05) is 0 Å². The van der Waals surface area contributed by atoms with Crippen molar-refractivity contribution in [3.63, 3.8) is 0 Å². The quantitative estimate of drug-likeness (QED) is 0.393. The van der Waals surface area contributed by atoms with Gasteiger partial charge in [-0.3, -0.25) is 0 Å². The number of hydrogen-bond donors (Lipinski definition) is 0. The summed E-state index contributed by atoms with van der Waals surface area (Å²) in [7, 11) is 0. The third-order valence-electron chi connectivity index (χ3n) is 0.487. The fraction of sp³-hybridized carbons (Fsp3) is 0.500. The Balaban J connectivity index is 3.39. The number of carbonyl (C=O) groups excluding carboxylic acids is 1. The molecule has 0 saturated heterocycles. The van der Waals surface area contributed by atoms with Crippen LogP contribution in [0, 0.1) is 6.08 Å². The molecule has 2 nitrogen and oxygen atoms in total. The minimum Gasteiger partial charge on any atom is -0.459 e. The van der Waals surface area contributed by atoms with Gasteiger partial charge in [-0.2, -0.15) is 0 Å². The van der Waals surface area contributed by atoms with E-state index in [0.29, 0.717) is 0 Å². The van der Waals surface area contributed by atoms with E-state index >= 15 is 0 Å². The third-order valence-corrected chi connectivity index (χ3v) is 0.487. The van der Waals surface area contributed by atoms with E-state index in [2.05, 4.69) is 17.4 Å². The SMILES string of the molecule is C=[C]C(=O)OC(C)C. The maximum atomic E-state index is 10.2. The molecule has 0 amide bonds. The summed E-state index contributed by atoms with van der Waals surface area (Å²) in [4.78, 5) is 10.2. The molecule has 0 aliphatic heterocycles. The van der Waals surface area contributed by atoms with Gasteiger partial charge in [0, 0.05) is 0 Å². The molecular formula is C6H9O2. The predicted octanol–water partition coefficient (Wildman–Crippen LogP) is 0.927. The molecule has 1 radical (unpaired) electrons. The van der Waals surface area contributed by atoms with Crippen molar-refractivity contribution in [2.75, 3.05) is 0 Å². The van der Waals surface area contributed by atoms with Crippen molar-refractivity contribution in [3.05, 3.63) is 12.7 Å². The lowest BCUT2D eigenvalue weighted by Gasteiger charge is -2.02. The normalized spacial score (nSPS) is 8.88. The van der Waals surface area contributed by atoms with Crippen molar-refractivity contribution in [2.24, 2.45) is 0 Å². The van der Waals surface area contributed by atoms with Crippen LogP contribution in [-0.4, -0.2) is 12.1 Å². The maximum Gasteiger partial charge on any atom is 0.338 e. The van der Waals surface area contributed by atoms with Crippen LogP contribution >= 0.6 is 0 Å². The second-order valence-corrected chi connectivity index (χ2v) is 1.63. The van der Waals surface area contributed by atoms with Crippen LogP contribution in [0.2, 0.25) is 0 Å². The fourth-order valence-electron chi connectivity index (χ4n) is 0.256. The zero-order valence-electron chi connectivity index (χ0n) is 5.10. The van der Waals surface area contributed by atoms with Crippen molar-refractivity contribution in [1.29, 1.82) is 0 Å². The van der Waals surface area contributed by atoms with E-state index in [1.165, 1.54) is 0 Å². The smallest absolute Gasteiger partial charge is 0.338 e. The first-order valence-electron chi connectivity index (χ1n) is 2.40. The minimum atomic E-state index is -0.486. The zero-order valence-corrected chi connectivity index (χ0v) is 5.10. The Labute approximate surface area is 49.1 Å². The van der Waals surface area contributed by atoms with Crippen molar-refractivity contribution >= 4 is 5.97 Å². The number of rotatable bonds is 2. The van der Waals surface area contributed by atoms with E-state index in [-0.39, 0.29) is 6.10 Å². The highest BCUT2D eigenvalue weighted by Crippen LogP contribution is 1.86. The summed E-state index contributed by atoms with van der Waals surface area (Å²) < 4.78 is 4.59. The number of esters is 1. The van der Waals surface area contributed by atoms with Crippen molar-refractivity contribution in [2.45, 2.75) is 20.0 Å². The molecule has 0 saturated carbocycles. The molecule has 0 atom stereocenters. The molecule has 0 fully saturated rings. The van der Waals surface area contributed by atoms with E-state index in [4.69, 9.17) is 0 Å². The summed E-state index contributed by atoms with van der Waals surface area (Å²) in [5.41, 5.74) is 0. The fourth-order valence-corrected chi connectivity index (χ4v) is 0.256. The minimum absolute atomic E-state index is 0.0725. The Morgan fingerprint density at radius 3 is 2.38 bits per heavy atom. The summed E-state index contributed by atoms with van der Waals surface area (Å²) in [5.74, 6) is -0.486. The van der Waals surface area contributed by atoms with Crippen molar-refractivity contribution in [1.82, 2.24) is 0 Å². The molecule has 0 unspecified atom stereocenters. The topological polar surface area (TPSA) is 26.3 Å². The molecular weight excluding hydrogens is 104 g/mol. The summed E-state index contributed by atoms with van der Waals surface area (Å²) in [5, 5.41) is 0. The lowest BCUT2D eigenvalue weighted by molar-refractivity contribution is -0.142. The summed E-state index contributed by atoms with van der Waals surface area (Å²) in [6, 6.07) is 0. The van der Waals surface area contributed by atoms with Gasteiger partial charge in [-0.1, -0.05) is 6.58 Å². The second kappa shape index (κ2) is 3.24. The Morgan fingerprint density at radius 1 is 1.75 bits per heavy atom. The molecule has 8 heavy (non-hydrogen) atoms. The van der Waals surface area contributed by atoms with E-state index in [1.54, 1.807) is 13.8 Å². The van der Waals surface area contributed by atoms with Crippen LogP contribution in [0.5, 0.6) is 0 Å². The standard InChI is InChI=1S/C6H9O2/c1-4-6(7)8-5(2)3/h5H,1H2,2-3H3. The third kappa shape index (κ3) is 3.40. The summed E-state index contributed by atoms with van der Waals surface area (Å²) >= 11 is 0. The number of carbonyl (C=O) groups is 1. The maximum absolute atomic E-state index is 10.2. The molecule has 0 N–H and O–H groups in total. The lowest BCUT2D eigenvalue weighted by Crippen LogP contribution is -2.08. The average Bonchev–Trinajstić information content (AvgIpc) is 1.65. The molecule has 45 valence electrons. The molecule has 0 spiro atoms. The van der Waals surface area contributed by atoms with Gasteiger partial charge >= 0.3 is 5.97 Å². The molecule has 0 aliphatic carbocycles. The Hall–Kier alpha value is -0.790. The molecule has 0 bridgehead atoms. The van der Waals surface area contributed by atoms with Gasteiger partial charge in [0.05, 0.1) is 12.2 Å². The van der Waals surface area contributed by atoms with Gasteiger partial charge in [0.25, 0.3) is 0 Å². The molecule has 0 aromatic heterocycles. The van der Waals surface area contributed by atoms with E-state index in [9.17, 15) is 4.79 Å². The van der Waals surface area contributed by atoms with Gasteiger partial charge in [0.1, 0.15) is 0 Å². The monoisotopic (exact) mass is 113 g/mol. The first kappa shape index (κ1) is 7.21. The van der Waals surface area contributed by atoms with E-state index < -0.39 is 5.97 Å². The Morgan fingerprint density at radius 2 is 2.25 bits per heavy atom. The highest BCUT2D eigenvalue weighted by Gasteiger charge is 1.97. The van der Waals surface area contributed by atoms with Crippen LogP contribution in [-0.2, 0) is 9.53 Å². The van der Waals surface area contributed by atoms with Gasteiger partial charge in [0.15, 0.2) is 0 Å². The zero-order chi connectivity index (χ0) is 6.57. The van der Waals surface area contributed by atoms with Crippen LogP contribution in [0.1, 0.15) is 13.8 Å². The average molecular weight is 113 g/mol. The van der Waals surface area contributed by atoms with Gasteiger partial charge in [0.2, 0.25) is 0 Å². The van der Waals surface area contributed by atoms with Crippen LogP contribution < -0.4 is 0 Å². The van der Waals surface area contributed by atoms with Crippen LogP contribution in [0.25, 0.3) is 0 Å². The molecule has 0 rings (SSSR count). The Kier molecular flexibility index (Phi) is 2.92. The number of ether oxygens (including phenoxy) is 1.